The van der Waals surface area contributed by atoms with Crippen LogP contribution in [0.1, 0.15) is 29.9 Å². The Balaban J connectivity index is 1.81. The smallest absolute Gasteiger partial charge is 0.272 e. The van der Waals surface area contributed by atoms with Crippen LogP contribution < -0.4 is 0 Å². The highest BCUT2D eigenvalue weighted by Crippen LogP contribution is 2.26. The average Bonchev–Trinajstić information content (AvgIpc) is 3.12. The van der Waals surface area contributed by atoms with Gasteiger partial charge in [-0.2, -0.15) is 5.10 Å². The summed E-state index contributed by atoms with van der Waals surface area (Å²) in [5, 5.41) is 4.60. The van der Waals surface area contributed by atoms with Gasteiger partial charge in [0.1, 0.15) is 11.5 Å². The van der Waals surface area contributed by atoms with E-state index in [9.17, 15) is 9.18 Å². The average molecular weight is 393 g/mol. The van der Waals surface area contributed by atoms with Crippen molar-refractivity contribution in [2.75, 3.05) is 13.1 Å². The fraction of sp³-hybridized carbons (Fsp3) is 0.304. The molecule has 0 saturated carbocycles. The molecular weight excluding hydrogens is 369 g/mol. The first-order valence-electron chi connectivity index (χ1n) is 9.79. The highest BCUT2D eigenvalue weighted by Gasteiger charge is 2.29. The summed E-state index contributed by atoms with van der Waals surface area (Å²) in [5.41, 5.74) is 3.04. The molecule has 2 atom stereocenters. The number of aromatic nitrogens is 2. The standard InChI is InChI=1S/C23H24FN3O2/c1-15-7-6-8-18(11-15)27-22(23(28)26-13-16(2)29-17(3)14-26)12-21(25-27)19-9-4-5-10-20(19)24/h4-12,16-17H,13-14H2,1-3H3/t16-,17-/m1/s1. The van der Waals surface area contributed by atoms with Gasteiger partial charge in [0, 0.05) is 18.7 Å². The minimum Gasteiger partial charge on any atom is -0.372 e. The second kappa shape index (κ2) is 7.79. The van der Waals surface area contributed by atoms with Crippen molar-refractivity contribution in [1.29, 1.82) is 0 Å². The van der Waals surface area contributed by atoms with Crippen LogP contribution in [0.3, 0.4) is 0 Å². The van der Waals surface area contributed by atoms with Crippen molar-refractivity contribution in [3.05, 3.63) is 71.7 Å². The van der Waals surface area contributed by atoms with Crippen LogP contribution in [0.4, 0.5) is 4.39 Å². The monoisotopic (exact) mass is 393 g/mol. The lowest BCUT2D eigenvalue weighted by molar-refractivity contribution is -0.0588. The fourth-order valence-electron chi connectivity index (χ4n) is 3.80. The van der Waals surface area contributed by atoms with E-state index in [0.29, 0.717) is 30.0 Å². The summed E-state index contributed by atoms with van der Waals surface area (Å²) in [6.07, 6.45) is -0.0758. The Labute approximate surface area is 169 Å². The minimum atomic E-state index is -0.367. The molecule has 1 fully saturated rings. The van der Waals surface area contributed by atoms with Gasteiger partial charge >= 0.3 is 0 Å². The van der Waals surface area contributed by atoms with Gasteiger partial charge in [0.2, 0.25) is 0 Å². The predicted molar refractivity (Wildman–Crippen MR) is 110 cm³/mol. The van der Waals surface area contributed by atoms with Gasteiger partial charge in [0.15, 0.2) is 0 Å². The third-order valence-electron chi connectivity index (χ3n) is 5.03. The van der Waals surface area contributed by atoms with Crippen LogP contribution in [0.25, 0.3) is 16.9 Å². The number of carbonyl (C=O) groups is 1. The molecule has 29 heavy (non-hydrogen) atoms. The summed E-state index contributed by atoms with van der Waals surface area (Å²) < 4.78 is 21.8. The number of ether oxygens (including phenoxy) is 1. The molecule has 1 amide bonds. The number of hydrogen-bond acceptors (Lipinski definition) is 3. The number of nitrogens with zero attached hydrogens (tertiary/aromatic N) is 3. The SMILES string of the molecule is Cc1cccc(-n2nc(-c3ccccc3F)cc2C(=O)N2C[C@@H](C)O[C@H](C)C2)c1. The number of rotatable bonds is 3. The van der Waals surface area contributed by atoms with Gasteiger partial charge in [0.25, 0.3) is 5.91 Å². The van der Waals surface area contributed by atoms with Gasteiger partial charge in [-0.1, -0.05) is 24.3 Å². The van der Waals surface area contributed by atoms with Gasteiger partial charge in [-0.25, -0.2) is 9.07 Å². The molecule has 0 N–H and O–H groups in total. The van der Waals surface area contributed by atoms with Crippen molar-refractivity contribution in [2.45, 2.75) is 33.0 Å². The Bertz CT molecular complexity index is 1040. The third-order valence-corrected chi connectivity index (χ3v) is 5.03. The fourth-order valence-corrected chi connectivity index (χ4v) is 3.80. The highest BCUT2D eigenvalue weighted by atomic mass is 19.1. The molecule has 150 valence electrons. The predicted octanol–water partition coefficient (Wildman–Crippen LogP) is 4.24. The zero-order chi connectivity index (χ0) is 20.5. The summed E-state index contributed by atoms with van der Waals surface area (Å²) in [6, 6.07) is 15.9. The Morgan fingerprint density at radius 1 is 1.07 bits per heavy atom. The molecule has 0 radical (unpaired) electrons. The van der Waals surface area contributed by atoms with Crippen LogP contribution in [-0.2, 0) is 4.74 Å². The van der Waals surface area contributed by atoms with Crippen molar-refractivity contribution in [3.8, 4) is 16.9 Å². The van der Waals surface area contributed by atoms with E-state index in [-0.39, 0.29) is 23.9 Å². The van der Waals surface area contributed by atoms with Crippen molar-refractivity contribution >= 4 is 5.91 Å². The zero-order valence-corrected chi connectivity index (χ0v) is 16.8. The van der Waals surface area contributed by atoms with Crippen LogP contribution >= 0.6 is 0 Å². The van der Waals surface area contributed by atoms with E-state index in [4.69, 9.17) is 4.74 Å². The zero-order valence-electron chi connectivity index (χ0n) is 16.8. The molecule has 0 aliphatic carbocycles. The number of halogens is 1. The largest absolute Gasteiger partial charge is 0.372 e. The number of morpholine rings is 1. The molecule has 1 aliphatic rings. The Morgan fingerprint density at radius 2 is 1.79 bits per heavy atom. The maximum atomic E-state index is 14.4. The quantitative estimate of drug-likeness (QED) is 0.669. The molecule has 5 nitrogen and oxygen atoms in total. The van der Waals surface area contributed by atoms with E-state index < -0.39 is 0 Å². The molecule has 0 spiro atoms. The van der Waals surface area contributed by atoms with Gasteiger partial charge in [-0.3, -0.25) is 4.79 Å². The van der Waals surface area contributed by atoms with Crippen molar-refractivity contribution in [3.63, 3.8) is 0 Å². The molecule has 4 rings (SSSR count). The van der Waals surface area contributed by atoms with Gasteiger partial charge in [-0.15, -0.1) is 0 Å². The molecular formula is C23H24FN3O2. The highest BCUT2D eigenvalue weighted by molar-refractivity contribution is 5.94. The van der Waals surface area contributed by atoms with E-state index in [2.05, 4.69) is 5.10 Å². The first kappa shape index (κ1) is 19.3. The maximum Gasteiger partial charge on any atom is 0.272 e. The molecule has 1 saturated heterocycles. The van der Waals surface area contributed by atoms with E-state index >= 15 is 0 Å². The van der Waals surface area contributed by atoms with E-state index in [1.54, 1.807) is 33.8 Å². The second-order valence-corrected chi connectivity index (χ2v) is 7.61. The summed E-state index contributed by atoms with van der Waals surface area (Å²) in [5.74, 6) is -0.502. The molecule has 0 bridgehead atoms. The summed E-state index contributed by atoms with van der Waals surface area (Å²) in [7, 11) is 0. The molecule has 6 heteroatoms. The third kappa shape index (κ3) is 3.93. The number of carbonyl (C=O) groups excluding carboxylic acids is 1. The van der Waals surface area contributed by atoms with Crippen LogP contribution in [0, 0.1) is 12.7 Å². The van der Waals surface area contributed by atoms with Gasteiger partial charge < -0.3 is 9.64 Å². The topological polar surface area (TPSA) is 47.4 Å². The number of aryl methyl sites for hydroxylation is 1. The minimum absolute atomic E-state index is 0.0379. The van der Waals surface area contributed by atoms with Crippen molar-refractivity contribution < 1.29 is 13.9 Å². The van der Waals surface area contributed by atoms with E-state index in [1.165, 1.54) is 6.07 Å². The lowest BCUT2D eigenvalue weighted by Crippen LogP contribution is -2.48. The summed E-state index contributed by atoms with van der Waals surface area (Å²) in [6.45, 7) is 6.92. The van der Waals surface area contributed by atoms with Crippen LogP contribution in [0.15, 0.2) is 54.6 Å². The number of benzene rings is 2. The lowest BCUT2D eigenvalue weighted by Gasteiger charge is -2.35. The summed E-state index contributed by atoms with van der Waals surface area (Å²) in [4.78, 5) is 15.2. The Hall–Kier alpha value is -2.99. The first-order chi connectivity index (χ1) is 13.9. The Kier molecular flexibility index (Phi) is 5.20. The van der Waals surface area contributed by atoms with Crippen LogP contribution in [0.5, 0.6) is 0 Å². The maximum absolute atomic E-state index is 14.4. The molecule has 2 aromatic carbocycles. The summed E-state index contributed by atoms with van der Waals surface area (Å²) >= 11 is 0. The first-order valence-corrected chi connectivity index (χ1v) is 9.79. The van der Waals surface area contributed by atoms with Gasteiger partial charge in [-0.05, 0) is 56.7 Å². The van der Waals surface area contributed by atoms with Crippen molar-refractivity contribution in [2.24, 2.45) is 0 Å². The van der Waals surface area contributed by atoms with Gasteiger partial charge in [0.05, 0.1) is 23.6 Å². The molecule has 1 aromatic heterocycles. The molecule has 3 aromatic rings. The number of amides is 1. The van der Waals surface area contributed by atoms with E-state index in [1.807, 2.05) is 45.0 Å². The number of hydrogen-bond donors (Lipinski definition) is 0. The lowest BCUT2D eigenvalue weighted by atomic mass is 10.1. The molecule has 1 aliphatic heterocycles. The normalized spacial score (nSPS) is 19.4. The molecule has 0 unspecified atom stereocenters. The van der Waals surface area contributed by atoms with E-state index in [0.717, 1.165) is 11.3 Å². The second-order valence-electron chi connectivity index (χ2n) is 7.61. The van der Waals surface area contributed by atoms with Crippen molar-refractivity contribution in [1.82, 2.24) is 14.7 Å². The Morgan fingerprint density at radius 3 is 2.48 bits per heavy atom. The van der Waals surface area contributed by atoms with Crippen LogP contribution in [0.2, 0.25) is 0 Å². The van der Waals surface area contributed by atoms with Crippen LogP contribution in [-0.4, -0.2) is 45.9 Å². The molecule has 2 heterocycles.